The van der Waals surface area contributed by atoms with Gasteiger partial charge in [0.2, 0.25) is 11.1 Å². The summed E-state index contributed by atoms with van der Waals surface area (Å²) in [5.74, 6) is -0.374. The van der Waals surface area contributed by atoms with Gasteiger partial charge in [0.25, 0.3) is 5.91 Å². The summed E-state index contributed by atoms with van der Waals surface area (Å²) in [7, 11) is 3.16. The zero-order valence-corrected chi connectivity index (χ0v) is 9.87. The van der Waals surface area contributed by atoms with E-state index in [2.05, 4.69) is 5.32 Å². The molecule has 0 saturated carbocycles. The van der Waals surface area contributed by atoms with E-state index in [1.54, 1.807) is 14.1 Å². The summed E-state index contributed by atoms with van der Waals surface area (Å²) >= 11 is 5.68. The van der Waals surface area contributed by atoms with Gasteiger partial charge in [-0.15, -0.1) is 0 Å². The molecule has 0 aromatic carbocycles. The van der Waals surface area contributed by atoms with Crippen molar-refractivity contribution in [2.45, 2.75) is 6.42 Å². The molecule has 16 heavy (non-hydrogen) atoms. The molecule has 0 unspecified atom stereocenters. The van der Waals surface area contributed by atoms with Gasteiger partial charge in [0.1, 0.15) is 0 Å². The molecular weight excluding hydrogens is 232 g/mol. The number of carbonyl (C=O) groups is 2. The lowest BCUT2D eigenvalue weighted by Gasteiger charge is -2.15. The van der Waals surface area contributed by atoms with E-state index in [4.69, 9.17) is 16.0 Å². The topological polar surface area (TPSA) is 62.6 Å². The largest absolute Gasteiger partial charge is 0.452 e. The van der Waals surface area contributed by atoms with Gasteiger partial charge in [-0.2, -0.15) is 0 Å². The van der Waals surface area contributed by atoms with Gasteiger partial charge in [-0.05, 0) is 17.7 Å². The minimum absolute atomic E-state index is 0.0665. The molecule has 0 bridgehead atoms. The standard InChI is InChI=1S/C10H13ClN2O3/c1-12-8(14)3-5-13(2)10(15)7-4-6-16-9(7)11/h4,6H,3,5H2,1-2H3,(H,12,14). The van der Waals surface area contributed by atoms with Crippen LogP contribution in [0.5, 0.6) is 0 Å². The number of furan rings is 1. The van der Waals surface area contributed by atoms with E-state index in [1.807, 2.05) is 0 Å². The van der Waals surface area contributed by atoms with Gasteiger partial charge in [-0.3, -0.25) is 9.59 Å². The summed E-state index contributed by atoms with van der Waals surface area (Å²) in [6.45, 7) is 0.333. The van der Waals surface area contributed by atoms with E-state index in [1.165, 1.54) is 17.2 Å². The number of nitrogens with one attached hydrogen (secondary N) is 1. The molecule has 1 rings (SSSR count). The van der Waals surface area contributed by atoms with Gasteiger partial charge in [0, 0.05) is 27.1 Å². The highest BCUT2D eigenvalue weighted by atomic mass is 35.5. The van der Waals surface area contributed by atoms with Crippen LogP contribution in [-0.4, -0.2) is 37.4 Å². The third-order valence-corrected chi connectivity index (χ3v) is 2.44. The molecule has 5 nitrogen and oxygen atoms in total. The molecule has 0 spiro atoms. The van der Waals surface area contributed by atoms with Crippen molar-refractivity contribution in [3.8, 4) is 0 Å². The third-order valence-electron chi connectivity index (χ3n) is 2.15. The fraction of sp³-hybridized carbons (Fsp3) is 0.400. The number of halogens is 1. The van der Waals surface area contributed by atoms with Crippen molar-refractivity contribution >= 4 is 23.4 Å². The Morgan fingerprint density at radius 2 is 2.25 bits per heavy atom. The van der Waals surface area contributed by atoms with Crippen molar-refractivity contribution in [1.82, 2.24) is 10.2 Å². The highest BCUT2D eigenvalue weighted by Gasteiger charge is 2.17. The molecule has 0 fully saturated rings. The van der Waals surface area contributed by atoms with E-state index in [0.29, 0.717) is 12.1 Å². The smallest absolute Gasteiger partial charge is 0.258 e. The lowest BCUT2D eigenvalue weighted by Crippen LogP contribution is -2.31. The van der Waals surface area contributed by atoms with Gasteiger partial charge < -0.3 is 14.6 Å². The summed E-state index contributed by atoms with van der Waals surface area (Å²) < 4.78 is 4.82. The molecule has 0 aliphatic rings. The van der Waals surface area contributed by atoms with E-state index in [0.717, 1.165) is 0 Å². The lowest BCUT2D eigenvalue weighted by atomic mass is 10.3. The first kappa shape index (κ1) is 12.6. The summed E-state index contributed by atoms with van der Waals surface area (Å²) in [6, 6.07) is 1.50. The fourth-order valence-electron chi connectivity index (χ4n) is 1.15. The van der Waals surface area contributed by atoms with E-state index < -0.39 is 0 Å². The summed E-state index contributed by atoms with van der Waals surface area (Å²) in [4.78, 5) is 24.2. The third kappa shape index (κ3) is 3.00. The maximum absolute atomic E-state index is 11.8. The van der Waals surface area contributed by atoms with E-state index in [-0.39, 0.29) is 23.5 Å². The second-order valence-corrected chi connectivity index (χ2v) is 3.60. The van der Waals surface area contributed by atoms with Crippen LogP contribution in [0.4, 0.5) is 0 Å². The summed E-state index contributed by atoms with van der Waals surface area (Å²) in [6.07, 6.45) is 1.61. The molecule has 1 N–H and O–H groups in total. The number of nitrogens with zero attached hydrogens (tertiary/aromatic N) is 1. The summed E-state index contributed by atoms with van der Waals surface area (Å²) in [5.41, 5.74) is 0.307. The SMILES string of the molecule is CNC(=O)CCN(C)C(=O)c1ccoc1Cl. The molecule has 6 heteroatoms. The molecule has 0 aliphatic heterocycles. The first-order chi connectivity index (χ1) is 7.56. The highest BCUT2D eigenvalue weighted by Crippen LogP contribution is 2.18. The zero-order chi connectivity index (χ0) is 12.1. The Kier molecular flexibility index (Phi) is 4.37. The van der Waals surface area contributed by atoms with Crippen LogP contribution in [0.25, 0.3) is 0 Å². The summed E-state index contributed by atoms with van der Waals surface area (Å²) in [5, 5.41) is 2.55. The van der Waals surface area contributed by atoms with Crippen molar-refractivity contribution in [1.29, 1.82) is 0 Å². The van der Waals surface area contributed by atoms with Crippen molar-refractivity contribution in [2.75, 3.05) is 20.6 Å². The molecular formula is C10H13ClN2O3. The molecule has 0 radical (unpaired) electrons. The van der Waals surface area contributed by atoms with Crippen molar-refractivity contribution in [3.63, 3.8) is 0 Å². The van der Waals surface area contributed by atoms with Crippen LogP contribution in [0, 0.1) is 0 Å². The van der Waals surface area contributed by atoms with Crippen LogP contribution in [-0.2, 0) is 4.79 Å². The van der Waals surface area contributed by atoms with Crippen molar-refractivity contribution in [2.24, 2.45) is 0 Å². The predicted octanol–water partition coefficient (Wildman–Crippen LogP) is 1.14. The first-order valence-electron chi connectivity index (χ1n) is 4.75. The molecule has 2 amide bonds. The van der Waals surface area contributed by atoms with Gasteiger partial charge in [0.15, 0.2) is 0 Å². The minimum atomic E-state index is -0.261. The lowest BCUT2D eigenvalue weighted by molar-refractivity contribution is -0.120. The second-order valence-electron chi connectivity index (χ2n) is 3.26. The molecule has 0 saturated heterocycles. The number of amides is 2. The minimum Gasteiger partial charge on any atom is -0.452 e. The van der Waals surface area contributed by atoms with E-state index >= 15 is 0 Å². The average Bonchev–Trinajstić information content (AvgIpc) is 2.70. The molecule has 1 aromatic rings. The number of carbonyl (C=O) groups excluding carboxylic acids is 2. The molecule has 1 aromatic heterocycles. The predicted molar refractivity (Wildman–Crippen MR) is 59.4 cm³/mol. The normalized spacial score (nSPS) is 9.94. The monoisotopic (exact) mass is 244 g/mol. The number of hydrogen-bond donors (Lipinski definition) is 1. The second kappa shape index (κ2) is 5.55. The Labute approximate surface area is 98.4 Å². The molecule has 0 aliphatic carbocycles. The Hall–Kier alpha value is -1.49. The Morgan fingerprint density at radius 1 is 1.56 bits per heavy atom. The Balaban J connectivity index is 2.55. The Morgan fingerprint density at radius 3 is 2.75 bits per heavy atom. The van der Waals surface area contributed by atoms with Crippen molar-refractivity contribution in [3.05, 3.63) is 23.1 Å². The quantitative estimate of drug-likeness (QED) is 0.864. The zero-order valence-electron chi connectivity index (χ0n) is 9.12. The highest BCUT2D eigenvalue weighted by molar-refractivity contribution is 6.32. The Bertz CT molecular complexity index is 389. The van der Waals surface area contributed by atoms with Crippen LogP contribution in [0.15, 0.2) is 16.7 Å². The molecule has 88 valence electrons. The van der Waals surface area contributed by atoms with Gasteiger partial charge in [-0.25, -0.2) is 0 Å². The van der Waals surface area contributed by atoms with Crippen LogP contribution in [0.2, 0.25) is 5.22 Å². The van der Waals surface area contributed by atoms with Crippen LogP contribution in [0.1, 0.15) is 16.8 Å². The number of rotatable bonds is 4. The van der Waals surface area contributed by atoms with Crippen LogP contribution >= 0.6 is 11.6 Å². The van der Waals surface area contributed by atoms with Gasteiger partial charge in [-0.1, -0.05) is 0 Å². The number of hydrogen-bond acceptors (Lipinski definition) is 3. The van der Waals surface area contributed by atoms with E-state index in [9.17, 15) is 9.59 Å². The van der Waals surface area contributed by atoms with Crippen molar-refractivity contribution < 1.29 is 14.0 Å². The van der Waals surface area contributed by atoms with Gasteiger partial charge in [0.05, 0.1) is 11.8 Å². The van der Waals surface area contributed by atoms with Crippen LogP contribution < -0.4 is 5.32 Å². The van der Waals surface area contributed by atoms with Crippen LogP contribution in [0.3, 0.4) is 0 Å². The fourth-order valence-corrected chi connectivity index (χ4v) is 1.34. The maximum atomic E-state index is 11.8. The molecule has 0 atom stereocenters. The average molecular weight is 245 g/mol. The van der Waals surface area contributed by atoms with Gasteiger partial charge >= 0.3 is 0 Å². The first-order valence-corrected chi connectivity index (χ1v) is 5.13. The molecule has 1 heterocycles. The maximum Gasteiger partial charge on any atom is 0.258 e.